The largest absolute Gasteiger partial charge is 0.486 e. The number of unbranched alkanes of at least 4 members (excludes halogenated alkanes) is 1. The summed E-state index contributed by atoms with van der Waals surface area (Å²) in [6, 6.07) is 17.7. The van der Waals surface area contributed by atoms with Gasteiger partial charge in [-0.25, -0.2) is 12.8 Å². The minimum atomic E-state index is -4.33. The zero-order valence-corrected chi connectivity index (χ0v) is 24.6. The first kappa shape index (κ1) is 30.8. The smallest absolute Gasteiger partial charge is 0.264 e. The summed E-state index contributed by atoms with van der Waals surface area (Å²) in [4.78, 5) is 28.2. The van der Waals surface area contributed by atoms with Gasteiger partial charge in [0.1, 0.15) is 31.6 Å². The lowest BCUT2D eigenvalue weighted by molar-refractivity contribution is -0.138. The quantitative estimate of drug-likeness (QED) is 0.297. The first-order chi connectivity index (χ1) is 20.2. The molecule has 0 saturated heterocycles. The van der Waals surface area contributed by atoms with E-state index >= 15 is 0 Å². The molecule has 1 N–H and O–H groups in total. The van der Waals surface area contributed by atoms with Crippen LogP contribution in [0.25, 0.3) is 0 Å². The molecule has 0 aliphatic carbocycles. The average Bonchev–Trinajstić information content (AvgIpc) is 3.00. The molecule has 3 aromatic carbocycles. The molecule has 1 aliphatic heterocycles. The summed E-state index contributed by atoms with van der Waals surface area (Å²) in [6.07, 6.45) is 2.16. The Hall–Kier alpha value is -4.12. The minimum absolute atomic E-state index is 0.0997. The highest BCUT2D eigenvalue weighted by molar-refractivity contribution is 7.92. The second-order valence-electron chi connectivity index (χ2n) is 9.94. The predicted octanol–water partition coefficient (Wildman–Crippen LogP) is 4.17. The maximum absolute atomic E-state index is 14.0. The van der Waals surface area contributed by atoms with Gasteiger partial charge in [-0.2, -0.15) is 0 Å². The first-order valence-electron chi connectivity index (χ1n) is 14.0. The number of nitrogens with zero attached hydrogens (tertiary/aromatic N) is 2. The van der Waals surface area contributed by atoms with Gasteiger partial charge in [0.15, 0.2) is 11.5 Å². The number of fused-ring (bicyclic) bond motifs is 1. The highest BCUT2D eigenvalue weighted by Gasteiger charge is 2.33. The van der Waals surface area contributed by atoms with E-state index in [9.17, 15) is 22.4 Å². The Morgan fingerprint density at radius 2 is 1.67 bits per heavy atom. The minimum Gasteiger partial charge on any atom is -0.486 e. The third-order valence-corrected chi connectivity index (χ3v) is 8.75. The van der Waals surface area contributed by atoms with Gasteiger partial charge in [-0.05, 0) is 61.7 Å². The summed E-state index contributed by atoms with van der Waals surface area (Å²) in [7, 11) is -4.33. The number of amides is 2. The normalized spacial score (nSPS) is 13.2. The number of sulfonamides is 1. The molecule has 42 heavy (non-hydrogen) atoms. The molecule has 0 radical (unpaired) electrons. The van der Waals surface area contributed by atoms with E-state index in [1.165, 1.54) is 35.2 Å². The SMILES string of the molecule is CCCCNC(=O)C(C)N(CCc1ccccc1)C(=O)CN(c1ccc(F)cc1)S(=O)(=O)c1ccc2c(c1)OCCO2. The molecule has 224 valence electrons. The summed E-state index contributed by atoms with van der Waals surface area (Å²) in [5, 5.41) is 2.86. The van der Waals surface area contributed by atoms with Crippen LogP contribution in [-0.4, -0.2) is 64.0 Å². The van der Waals surface area contributed by atoms with Crippen LogP contribution >= 0.6 is 0 Å². The van der Waals surface area contributed by atoms with Crippen molar-refractivity contribution in [3.05, 3.63) is 84.2 Å². The number of hydrogen-bond acceptors (Lipinski definition) is 6. The van der Waals surface area contributed by atoms with E-state index in [2.05, 4.69) is 5.32 Å². The number of benzene rings is 3. The number of nitrogens with one attached hydrogen (secondary N) is 1. The molecule has 9 nitrogen and oxygen atoms in total. The standard InChI is InChI=1S/C31H36FN3O6S/c1-3-4-17-33-31(37)23(2)34(18-16-24-8-6-5-7-9-24)30(36)22-35(26-12-10-25(32)11-13-26)42(38,39)27-14-15-28-29(21-27)41-20-19-40-28/h5-15,21,23H,3-4,16-20,22H2,1-2H3,(H,33,37). The van der Waals surface area contributed by atoms with Gasteiger partial charge in [0, 0.05) is 19.2 Å². The van der Waals surface area contributed by atoms with E-state index in [4.69, 9.17) is 9.47 Å². The van der Waals surface area contributed by atoms with Crippen LogP contribution in [0.5, 0.6) is 11.5 Å². The maximum atomic E-state index is 14.0. The lowest BCUT2D eigenvalue weighted by atomic mass is 10.1. The van der Waals surface area contributed by atoms with Gasteiger partial charge in [0.25, 0.3) is 10.0 Å². The van der Waals surface area contributed by atoms with Crippen molar-refractivity contribution in [1.82, 2.24) is 10.2 Å². The second-order valence-corrected chi connectivity index (χ2v) is 11.8. The summed E-state index contributed by atoms with van der Waals surface area (Å²) < 4.78 is 53.8. The zero-order chi connectivity index (χ0) is 30.1. The van der Waals surface area contributed by atoms with Crippen LogP contribution in [0, 0.1) is 5.82 Å². The Kier molecular flexibility index (Phi) is 10.4. The molecule has 1 atom stereocenters. The molecule has 0 aromatic heterocycles. The molecule has 3 aromatic rings. The third-order valence-electron chi connectivity index (χ3n) is 6.98. The molecule has 1 heterocycles. The summed E-state index contributed by atoms with van der Waals surface area (Å²) in [6.45, 7) is 4.31. The number of hydrogen-bond donors (Lipinski definition) is 1. The van der Waals surface area contributed by atoms with Crippen molar-refractivity contribution in [3.8, 4) is 11.5 Å². The highest BCUT2D eigenvalue weighted by Crippen LogP contribution is 2.34. The Labute approximate surface area is 246 Å². The topological polar surface area (TPSA) is 105 Å². The fraction of sp³-hybridized carbons (Fsp3) is 0.355. The van der Waals surface area contributed by atoms with Gasteiger partial charge in [0.05, 0.1) is 10.6 Å². The molecule has 0 fully saturated rings. The van der Waals surface area contributed by atoms with Crippen molar-refractivity contribution in [2.24, 2.45) is 0 Å². The van der Waals surface area contributed by atoms with Crippen LogP contribution < -0.4 is 19.1 Å². The Bertz CT molecular complexity index is 1470. The molecular weight excluding hydrogens is 561 g/mol. The van der Waals surface area contributed by atoms with E-state index in [0.717, 1.165) is 34.8 Å². The van der Waals surface area contributed by atoms with Gasteiger partial charge in [-0.15, -0.1) is 0 Å². The highest BCUT2D eigenvalue weighted by atomic mass is 32.2. The zero-order valence-electron chi connectivity index (χ0n) is 23.8. The van der Waals surface area contributed by atoms with Crippen molar-refractivity contribution < 1.29 is 31.9 Å². The van der Waals surface area contributed by atoms with E-state index in [-0.39, 0.29) is 35.4 Å². The number of ether oxygens (including phenoxy) is 2. The molecule has 1 aliphatic rings. The van der Waals surface area contributed by atoms with Gasteiger partial charge < -0.3 is 19.7 Å². The maximum Gasteiger partial charge on any atom is 0.264 e. The second kappa shape index (κ2) is 14.2. The monoisotopic (exact) mass is 597 g/mol. The molecule has 2 amide bonds. The summed E-state index contributed by atoms with van der Waals surface area (Å²) >= 11 is 0. The van der Waals surface area contributed by atoms with Crippen LogP contribution in [0.15, 0.2) is 77.7 Å². The number of anilines is 1. The van der Waals surface area contributed by atoms with Crippen molar-refractivity contribution >= 4 is 27.5 Å². The molecular formula is C31H36FN3O6S. The van der Waals surface area contributed by atoms with Crippen molar-refractivity contribution in [2.45, 2.75) is 44.0 Å². The predicted molar refractivity (Wildman–Crippen MR) is 158 cm³/mol. The van der Waals surface area contributed by atoms with Gasteiger partial charge in [-0.3, -0.25) is 13.9 Å². The molecule has 4 rings (SSSR count). The molecule has 1 unspecified atom stereocenters. The van der Waals surface area contributed by atoms with E-state index in [1.807, 2.05) is 37.3 Å². The van der Waals surface area contributed by atoms with Crippen molar-refractivity contribution in [2.75, 3.05) is 37.2 Å². The van der Waals surface area contributed by atoms with E-state index < -0.39 is 34.3 Å². The fourth-order valence-corrected chi connectivity index (χ4v) is 5.98. The number of carbonyl (C=O) groups is 2. The van der Waals surface area contributed by atoms with Crippen LogP contribution in [0.3, 0.4) is 0 Å². The van der Waals surface area contributed by atoms with Crippen molar-refractivity contribution in [1.29, 1.82) is 0 Å². The Morgan fingerprint density at radius 3 is 2.36 bits per heavy atom. The number of carbonyl (C=O) groups excluding carboxylic acids is 2. The summed E-state index contributed by atoms with van der Waals surface area (Å²) in [5.74, 6) is -0.764. The number of rotatable bonds is 13. The van der Waals surface area contributed by atoms with E-state index in [0.29, 0.717) is 25.3 Å². The first-order valence-corrected chi connectivity index (χ1v) is 15.4. The lowest BCUT2D eigenvalue weighted by Gasteiger charge is -2.32. The Morgan fingerprint density at radius 1 is 0.976 bits per heavy atom. The number of halogens is 1. The van der Waals surface area contributed by atoms with Crippen LogP contribution in [0.4, 0.5) is 10.1 Å². The average molecular weight is 598 g/mol. The van der Waals surface area contributed by atoms with Gasteiger partial charge in [-0.1, -0.05) is 43.7 Å². The van der Waals surface area contributed by atoms with Crippen LogP contribution in [-0.2, 0) is 26.0 Å². The van der Waals surface area contributed by atoms with Crippen molar-refractivity contribution in [3.63, 3.8) is 0 Å². The lowest BCUT2D eigenvalue weighted by Crippen LogP contribution is -2.52. The molecule has 0 saturated carbocycles. The van der Waals surface area contributed by atoms with Gasteiger partial charge >= 0.3 is 0 Å². The van der Waals surface area contributed by atoms with E-state index in [1.54, 1.807) is 6.92 Å². The Balaban J connectivity index is 1.66. The third kappa shape index (κ3) is 7.58. The van der Waals surface area contributed by atoms with Crippen LogP contribution in [0.1, 0.15) is 32.3 Å². The molecule has 0 spiro atoms. The van der Waals surface area contributed by atoms with Crippen LogP contribution in [0.2, 0.25) is 0 Å². The van der Waals surface area contributed by atoms with Gasteiger partial charge in [0.2, 0.25) is 11.8 Å². The fourth-order valence-electron chi connectivity index (χ4n) is 4.55. The molecule has 11 heteroatoms. The summed E-state index contributed by atoms with van der Waals surface area (Å²) in [5.41, 5.74) is 1.07. The molecule has 0 bridgehead atoms.